The van der Waals surface area contributed by atoms with E-state index in [4.69, 9.17) is 0 Å². The van der Waals surface area contributed by atoms with Crippen LogP contribution in [0.3, 0.4) is 0 Å². The highest BCUT2D eigenvalue weighted by molar-refractivity contribution is 9.10. The van der Waals surface area contributed by atoms with Crippen molar-refractivity contribution in [2.75, 3.05) is 71.4 Å². The number of nitrogens with one attached hydrogen (secondary N) is 3. The molecule has 3 N–H and O–H groups in total. The minimum absolute atomic E-state index is 0. The van der Waals surface area contributed by atoms with Gasteiger partial charge < -0.3 is 30.7 Å². The summed E-state index contributed by atoms with van der Waals surface area (Å²) in [7, 11) is 4.28. The van der Waals surface area contributed by atoms with E-state index in [1.165, 1.54) is 43.6 Å². The Labute approximate surface area is 431 Å². The van der Waals surface area contributed by atoms with Gasteiger partial charge in [-0.2, -0.15) is 10.2 Å². The number of halogens is 4. The van der Waals surface area contributed by atoms with E-state index in [9.17, 15) is 18.4 Å². The number of rotatable bonds is 11. The number of benzene rings is 2. The first kappa shape index (κ1) is 53.0. The third kappa shape index (κ3) is 13.0. The first-order chi connectivity index (χ1) is 34.5. The molecule has 0 unspecified atom stereocenters. The molecule has 376 valence electrons. The Balaban J connectivity index is 0.000000186. The number of hydrogen-bond donors (Lipinski definition) is 3. The van der Waals surface area contributed by atoms with Crippen LogP contribution in [-0.2, 0) is 0 Å². The van der Waals surface area contributed by atoms with Crippen LogP contribution in [0.15, 0.2) is 127 Å². The topological polar surface area (TPSA) is 167 Å². The molecule has 72 heavy (non-hydrogen) atoms. The normalized spacial score (nSPS) is 14.8. The van der Waals surface area contributed by atoms with E-state index >= 15 is 0 Å². The van der Waals surface area contributed by atoms with Gasteiger partial charge in [-0.3, -0.25) is 19.6 Å². The van der Waals surface area contributed by atoms with Crippen molar-refractivity contribution in [1.29, 1.82) is 0 Å². The summed E-state index contributed by atoms with van der Waals surface area (Å²) < 4.78 is 30.6. The summed E-state index contributed by atoms with van der Waals surface area (Å²) in [5.41, 5.74) is 5.60. The fraction of sp³-hybridized carbons (Fsp3) is 0.308. The molecule has 8 heterocycles. The van der Waals surface area contributed by atoms with Crippen molar-refractivity contribution >= 4 is 67.8 Å². The number of likely N-dealkylation sites (N-methyl/N-ethyl adjacent to an activating group) is 2. The molecule has 2 saturated heterocycles. The van der Waals surface area contributed by atoms with Gasteiger partial charge >= 0.3 is 0 Å². The monoisotopic (exact) mass is 1060 g/mol. The number of aromatic nitrogens is 8. The fourth-order valence-corrected chi connectivity index (χ4v) is 8.79. The molecule has 6 aromatic heterocycles. The zero-order valence-corrected chi connectivity index (χ0v) is 43.0. The Morgan fingerprint density at radius 1 is 0.625 bits per heavy atom. The van der Waals surface area contributed by atoms with Gasteiger partial charge in [-0.05, 0) is 127 Å². The standard InChI is InChI=1S/C26H28FN7O.C21H17BrFN5O.C5H12N2.ClH/c1-3-23(18-8-9-29-25(14-18)33-12-10-32(2)11-13-33)31-26(35)22-15-28-17-24-21(22)16-30-34(24)20-6-4-19(27)5-7-20;1-2-18(13-7-8-25-20(22)9-13)27-21(29)17-10-24-12-19-16(17)11-26-28(19)15-5-3-14(23)4-6-15;1-7-4-2-6-3-5-7;/h4-9,14-17,23H,3,10-13H2,1-2H3,(H,31,35);3-12,18H,2H2,1H3,(H,27,29);6H,2-5H2,1H3;1H/t23-;18-;;/m00../s1. The first-order valence-electron chi connectivity index (χ1n) is 23.7. The molecule has 0 aliphatic carbocycles. The van der Waals surface area contributed by atoms with Crippen molar-refractivity contribution in [3.8, 4) is 11.4 Å². The lowest BCUT2D eigenvalue weighted by Gasteiger charge is -2.33. The van der Waals surface area contributed by atoms with Gasteiger partial charge in [-0.25, -0.2) is 28.1 Å². The third-order valence-corrected chi connectivity index (χ3v) is 13.0. The van der Waals surface area contributed by atoms with Crippen molar-refractivity contribution < 1.29 is 18.4 Å². The Bertz CT molecular complexity index is 3050. The average molecular weight is 1060 g/mol. The Morgan fingerprint density at radius 2 is 1.08 bits per heavy atom. The zero-order chi connectivity index (χ0) is 49.9. The van der Waals surface area contributed by atoms with Gasteiger partial charge in [0.1, 0.15) is 22.1 Å². The molecular formula is C52H58BrClF2N14O2. The molecule has 20 heteroatoms. The average Bonchev–Trinajstić information content (AvgIpc) is 4.04. The highest BCUT2D eigenvalue weighted by Crippen LogP contribution is 2.27. The fourth-order valence-electron chi connectivity index (χ4n) is 8.41. The van der Waals surface area contributed by atoms with Gasteiger partial charge in [-0.1, -0.05) is 13.8 Å². The molecule has 0 spiro atoms. The van der Waals surface area contributed by atoms with Crippen LogP contribution >= 0.6 is 28.3 Å². The van der Waals surface area contributed by atoms with Gasteiger partial charge in [0, 0.05) is 87.9 Å². The predicted octanol–water partition coefficient (Wildman–Crippen LogP) is 8.13. The van der Waals surface area contributed by atoms with Crippen LogP contribution in [0.5, 0.6) is 0 Å². The van der Waals surface area contributed by atoms with Gasteiger partial charge in [-0.15, -0.1) is 12.4 Å². The van der Waals surface area contributed by atoms with E-state index in [-0.39, 0.29) is 47.9 Å². The molecule has 16 nitrogen and oxygen atoms in total. The van der Waals surface area contributed by atoms with Crippen molar-refractivity contribution in [2.24, 2.45) is 0 Å². The summed E-state index contributed by atoms with van der Waals surface area (Å²) in [5, 5.41) is 19.6. The maximum atomic E-state index is 13.3. The van der Waals surface area contributed by atoms with E-state index in [0.29, 0.717) is 48.9 Å². The molecule has 2 aliphatic heterocycles. The third-order valence-electron chi connectivity index (χ3n) is 12.5. The van der Waals surface area contributed by atoms with Crippen LogP contribution < -0.4 is 20.9 Å². The molecule has 2 aromatic carbocycles. The van der Waals surface area contributed by atoms with Crippen LogP contribution in [0.1, 0.15) is 70.6 Å². The largest absolute Gasteiger partial charge is 0.354 e. The van der Waals surface area contributed by atoms with Crippen molar-refractivity contribution in [3.05, 3.63) is 161 Å². The molecular weight excluding hydrogens is 1010 g/mol. The lowest BCUT2D eigenvalue weighted by Crippen LogP contribution is -2.44. The number of pyridine rings is 4. The molecule has 0 bridgehead atoms. The van der Waals surface area contributed by atoms with Crippen LogP contribution in [0.2, 0.25) is 0 Å². The van der Waals surface area contributed by atoms with Gasteiger partial charge in [0.25, 0.3) is 11.8 Å². The smallest absolute Gasteiger partial charge is 0.254 e. The Morgan fingerprint density at radius 3 is 1.53 bits per heavy atom. The van der Waals surface area contributed by atoms with E-state index in [0.717, 1.165) is 69.1 Å². The molecule has 2 aliphatic rings. The summed E-state index contributed by atoms with van der Waals surface area (Å²) in [4.78, 5) is 50.5. The Hall–Kier alpha value is -6.77. The van der Waals surface area contributed by atoms with E-state index in [2.05, 4.69) is 96.9 Å². The van der Waals surface area contributed by atoms with E-state index < -0.39 is 0 Å². The minimum atomic E-state index is -0.322. The highest BCUT2D eigenvalue weighted by atomic mass is 79.9. The lowest BCUT2D eigenvalue weighted by atomic mass is 10.0. The Kier molecular flexibility index (Phi) is 18.5. The van der Waals surface area contributed by atoms with Gasteiger partial charge in [0.15, 0.2) is 0 Å². The summed E-state index contributed by atoms with van der Waals surface area (Å²) in [6, 6.07) is 19.5. The lowest BCUT2D eigenvalue weighted by molar-refractivity contribution is 0.0928. The number of nitrogens with zero attached hydrogens (tertiary/aromatic N) is 11. The van der Waals surface area contributed by atoms with E-state index in [1.807, 2.05) is 38.2 Å². The van der Waals surface area contributed by atoms with Crippen molar-refractivity contribution in [2.45, 2.75) is 38.8 Å². The number of hydrogen-bond acceptors (Lipinski definition) is 12. The maximum Gasteiger partial charge on any atom is 0.254 e. The number of carbonyl (C=O) groups is 2. The van der Waals surface area contributed by atoms with Crippen LogP contribution in [0.25, 0.3) is 33.2 Å². The van der Waals surface area contributed by atoms with Crippen LogP contribution in [0, 0.1) is 11.6 Å². The maximum absolute atomic E-state index is 13.3. The molecule has 2 atom stereocenters. The number of piperazine rings is 2. The molecule has 2 fully saturated rings. The molecule has 10 rings (SSSR count). The second kappa shape index (κ2) is 25.1. The predicted molar refractivity (Wildman–Crippen MR) is 282 cm³/mol. The second-order valence-corrected chi connectivity index (χ2v) is 18.2. The summed E-state index contributed by atoms with van der Waals surface area (Å²) in [5.74, 6) is -0.154. The van der Waals surface area contributed by atoms with Crippen molar-refractivity contribution in [3.63, 3.8) is 0 Å². The van der Waals surface area contributed by atoms with Crippen LogP contribution in [0.4, 0.5) is 14.6 Å². The van der Waals surface area contributed by atoms with Gasteiger partial charge in [0.2, 0.25) is 0 Å². The summed E-state index contributed by atoms with van der Waals surface area (Å²) in [6.07, 6.45) is 14.6. The number of amides is 2. The summed E-state index contributed by atoms with van der Waals surface area (Å²) >= 11 is 3.36. The second-order valence-electron chi connectivity index (χ2n) is 17.4. The number of fused-ring (bicyclic) bond motifs is 2. The number of anilines is 1. The zero-order valence-electron chi connectivity index (χ0n) is 40.6. The molecule has 8 aromatic rings. The molecule has 0 saturated carbocycles. The highest BCUT2D eigenvalue weighted by Gasteiger charge is 2.22. The number of carbonyl (C=O) groups excluding carboxylic acids is 2. The summed E-state index contributed by atoms with van der Waals surface area (Å²) in [6.45, 7) is 12.7. The molecule has 2 amide bonds. The van der Waals surface area contributed by atoms with Crippen LogP contribution in [-0.4, -0.2) is 128 Å². The minimum Gasteiger partial charge on any atom is -0.354 e. The first-order valence-corrected chi connectivity index (χ1v) is 24.5. The van der Waals surface area contributed by atoms with Gasteiger partial charge in [0.05, 0.1) is 70.4 Å². The van der Waals surface area contributed by atoms with Crippen molar-refractivity contribution in [1.82, 2.24) is 65.2 Å². The quantitative estimate of drug-likeness (QED) is 0.107. The van der Waals surface area contributed by atoms with E-state index in [1.54, 1.807) is 70.8 Å². The molecule has 0 radical (unpaired) electrons. The SMILES string of the molecule is CC[C@H](NC(=O)c1cncc2c1cnn2-c1ccc(F)cc1)c1ccnc(Br)c1.CC[C@H](NC(=O)c1cncc2c1cnn2-c1ccc(F)cc1)c1ccnc(N2CCN(C)CC2)c1.CN1CCNCC1.Cl.